The van der Waals surface area contributed by atoms with Gasteiger partial charge in [0.25, 0.3) is 5.91 Å². The summed E-state index contributed by atoms with van der Waals surface area (Å²) in [5.41, 5.74) is 2.11. The van der Waals surface area contributed by atoms with Crippen LogP contribution in [0, 0.1) is 11.3 Å². The zero-order valence-electron chi connectivity index (χ0n) is 14.2. The van der Waals surface area contributed by atoms with Crippen LogP contribution in [0.1, 0.15) is 22.5 Å². The molecular weight excluding hydrogens is 352 g/mol. The number of hydrogen-bond acceptors (Lipinski definition) is 6. The Balaban J connectivity index is 1.66. The number of carbonyl (C=O) groups excluding carboxylic acids is 1. The normalized spacial score (nSPS) is 18.1. The summed E-state index contributed by atoms with van der Waals surface area (Å²) in [4.78, 5) is 18.3. The van der Waals surface area contributed by atoms with Crippen LogP contribution in [0.25, 0.3) is 0 Å². The first-order chi connectivity index (χ1) is 12.4. The van der Waals surface area contributed by atoms with Gasteiger partial charge < -0.3 is 10.2 Å². The van der Waals surface area contributed by atoms with Crippen LogP contribution in [-0.2, 0) is 9.84 Å². The Kier molecular flexibility index (Phi) is 4.91. The second-order valence-electron chi connectivity index (χ2n) is 6.21. The maximum Gasteiger partial charge on any atom is 0.274 e. The highest BCUT2D eigenvalue weighted by Gasteiger charge is 2.30. The number of anilines is 2. The minimum atomic E-state index is -2.96. The Morgan fingerprint density at radius 1 is 1.27 bits per heavy atom. The van der Waals surface area contributed by atoms with Crippen molar-refractivity contribution in [3.63, 3.8) is 0 Å². The molecule has 1 aromatic carbocycles. The van der Waals surface area contributed by atoms with Crippen LogP contribution in [0.15, 0.2) is 42.6 Å². The van der Waals surface area contributed by atoms with E-state index in [4.69, 9.17) is 5.26 Å². The van der Waals surface area contributed by atoms with Crippen molar-refractivity contribution in [3.05, 3.63) is 53.9 Å². The van der Waals surface area contributed by atoms with E-state index in [1.54, 1.807) is 42.6 Å². The zero-order chi connectivity index (χ0) is 18.7. The summed E-state index contributed by atoms with van der Waals surface area (Å²) in [6, 6.07) is 11.9. The zero-order valence-corrected chi connectivity index (χ0v) is 15.0. The Labute approximate surface area is 152 Å². The van der Waals surface area contributed by atoms with Crippen LogP contribution in [0.3, 0.4) is 0 Å². The second-order valence-corrected chi connectivity index (χ2v) is 8.44. The van der Waals surface area contributed by atoms with E-state index in [0.29, 0.717) is 17.7 Å². The monoisotopic (exact) mass is 370 g/mol. The molecule has 0 saturated carbocycles. The van der Waals surface area contributed by atoms with Gasteiger partial charge in [-0.25, -0.2) is 13.4 Å². The Morgan fingerprint density at radius 2 is 2.00 bits per heavy atom. The average molecular weight is 370 g/mol. The van der Waals surface area contributed by atoms with E-state index in [-0.39, 0.29) is 29.1 Å². The highest BCUT2D eigenvalue weighted by molar-refractivity contribution is 7.91. The maximum atomic E-state index is 12.3. The number of carbonyl (C=O) groups is 1. The van der Waals surface area contributed by atoms with Gasteiger partial charge in [0.1, 0.15) is 5.69 Å². The third-order valence-corrected chi connectivity index (χ3v) is 6.17. The number of benzene rings is 1. The van der Waals surface area contributed by atoms with Crippen molar-refractivity contribution in [2.24, 2.45) is 0 Å². The Hall–Kier alpha value is -2.92. The van der Waals surface area contributed by atoms with Crippen molar-refractivity contribution in [3.8, 4) is 6.07 Å². The van der Waals surface area contributed by atoms with Gasteiger partial charge in [0.15, 0.2) is 9.84 Å². The first-order valence-electron chi connectivity index (χ1n) is 8.09. The first kappa shape index (κ1) is 17.9. The molecule has 8 heteroatoms. The molecule has 1 aliphatic rings. The lowest BCUT2D eigenvalue weighted by molar-refractivity contribution is 0.102. The fourth-order valence-electron chi connectivity index (χ4n) is 2.84. The molecule has 2 aromatic rings. The third-order valence-electron chi connectivity index (χ3n) is 4.42. The molecule has 0 aliphatic carbocycles. The van der Waals surface area contributed by atoms with Gasteiger partial charge in [-0.2, -0.15) is 5.26 Å². The van der Waals surface area contributed by atoms with E-state index in [2.05, 4.69) is 10.3 Å². The van der Waals surface area contributed by atoms with Crippen LogP contribution in [0.5, 0.6) is 0 Å². The van der Waals surface area contributed by atoms with E-state index < -0.39 is 9.84 Å². The minimum Gasteiger partial charge on any atom is -0.369 e. The Morgan fingerprint density at radius 3 is 2.54 bits per heavy atom. The standard InChI is InChI=1S/C18H18N4O3S/c1-22(16-8-9-26(24,25)12-16)15-6-7-17(20-11-15)18(23)21-14-4-2-13(10-19)3-5-14/h2-7,11,16H,8-9,12H2,1H3,(H,21,23). The van der Waals surface area contributed by atoms with Crippen LogP contribution >= 0.6 is 0 Å². The van der Waals surface area contributed by atoms with Crippen molar-refractivity contribution in [2.75, 3.05) is 28.8 Å². The van der Waals surface area contributed by atoms with Gasteiger partial charge in [-0.1, -0.05) is 0 Å². The van der Waals surface area contributed by atoms with Gasteiger partial charge in [0.2, 0.25) is 0 Å². The molecule has 1 aromatic heterocycles. The smallest absolute Gasteiger partial charge is 0.274 e. The van der Waals surface area contributed by atoms with Gasteiger partial charge in [-0.05, 0) is 42.8 Å². The lowest BCUT2D eigenvalue weighted by Gasteiger charge is -2.25. The van der Waals surface area contributed by atoms with Crippen LogP contribution in [-0.4, -0.2) is 43.9 Å². The van der Waals surface area contributed by atoms with Crippen molar-refractivity contribution in [2.45, 2.75) is 12.5 Å². The largest absolute Gasteiger partial charge is 0.369 e. The van der Waals surface area contributed by atoms with E-state index >= 15 is 0 Å². The molecule has 1 amide bonds. The highest BCUT2D eigenvalue weighted by Crippen LogP contribution is 2.22. The van der Waals surface area contributed by atoms with E-state index in [9.17, 15) is 13.2 Å². The van der Waals surface area contributed by atoms with Gasteiger partial charge >= 0.3 is 0 Å². The lowest BCUT2D eigenvalue weighted by atomic mass is 10.2. The number of pyridine rings is 1. The predicted octanol–water partition coefficient (Wildman–Crippen LogP) is 1.83. The molecule has 0 radical (unpaired) electrons. The van der Waals surface area contributed by atoms with E-state index in [1.807, 2.05) is 18.0 Å². The fraction of sp³-hybridized carbons (Fsp3) is 0.278. The fourth-order valence-corrected chi connectivity index (χ4v) is 4.62. The van der Waals surface area contributed by atoms with Crippen molar-refractivity contribution < 1.29 is 13.2 Å². The molecule has 26 heavy (non-hydrogen) atoms. The second kappa shape index (κ2) is 7.14. The highest BCUT2D eigenvalue weighted by atomic mass is 32.2. The maximum absolute atomic E-state index is 12.3. The molecule has 1 fully saturated rings. The molecule has 2 heterocycles. The average Bonchev–Trinajstić information content (AvgIpc) is 3.01. The predicted molar refractivity (Wildman–Crippen MR) is 98.8 cm³/mol. The molecule has 1 unspecified atom stereocenters. The van der Waals surface area contributed by atoms with Gasteiger partial charge in [-0.3, -0.25) is 4.79 Å². The molecule has 7 nitrogen and oxygen atoms in total. The minimum absolute atomic E-state index is 0.0693. The number of nitriles is 1. The van der Waals surface area contributed by atoms with Gasteiger partial charge in [0.05, 0.1) is 35.0 Å². The summed E-state index contributed by atoms with van der Waals surface area (Å²) in [6.07, 6.45) is 2.17. The molecule has 134 valence electrons. The number of sulfone groups is 1. The summed E-state index contributed by atoms with van der Waals surface area (Å²) in [6.45, 7) is 0. The molecule has 1 N–H and O–H groups in total. The third kappa shape index (κ3) is 4.00. The number of rotatable bonds is 4. The first-order valence-corrected chi connectivity index (χ1v) is 9.91. The topological polar surface area (TPSA) is 103 Å². The van der Waals surface area contributed by atoms with Crippen LogP contribution < -0.4 is 10.2 Å². The summed E-state index contributed by atoms with van der Waals surface area (Å²) in [5, 5.41) is 11.5. The molecular formula is C18H18N4O3S. The summed E-state index contributed by atoms with van der Waals surface area (Å²) < 4.78 is 23.2. The van der Waals surface area contributed by atoms with Crippen LogP contribution in [0.2, 0.25) is 0 Å². The van der Waals surface area contributed by atoms with E-state index in [1.165, 1.54) is 0 Å². The molecule has 0 spiro atoms. The molecule has 3 rings (SSSR count). The van der Waals surface area contributed by atoms with Crippen molar-refractivity contribution in [1.82, 2.24) is 4.98 Å². The summed E-state index contributed by atoms with van der Waals surface area (Å²) >= 11 is 0. The molecule has 1 aliphatic heterocycles. The number of nitrogens with zero attached hydrogens (tertiary/aromatic N) is 3. The van der Waals surface area contributed by atoms with Crippen molar-refractivity contribution >= 4 is 27.1 Å². The molecule has 1 saturated heterocycles. The number of nitrogens with one attached hydrogen (secondary N) is 1. The summed E-state index contributed by atoms with van der Waals surface area (Å²) in [7, 11) is -1.12. The SMILES string of the molecule is CN(c1ccc(C(=O)Nc2ccc(C#N)cc2)nc1)C1CCS(=O)(=O)C1. The number of amides is 1. The molecule has 1 atom stereocenters. The van der Waals surface area contributed by atoms with Crippen LogP contribution in [0.4, 0.5) is 11.4 Å². The Bertz CT molecular complexity index is 947. The van der Waals surface area contributed by atoms with Gasteiger partial charge in [-0.15, -0.1) is 0 Å². The van der Waals surface area contributed by atoms with E-state index in [0.717, 1.165) is 5.69 Å². The molecule has 0 bridgehead atoms. The number of aromatic nitrogens is 1. The summed E-state index contributed by atoms with van der Waals surface area (Å²) in [5.74, 6) is -0.00217. The number of hydrogen-bond donors (Lipinski definition) is 1. The van der Waals surface area contributed by atoms with Gasteiger partial charge in [0, 0.05) is 18.8 Å². The van der Waals surface area contributed by atoms with Crippen molar-refractivity contribution in [1.29, 1.82) is 5.26 Å². The quantitative estimate of drug-likeness (QED) is 0.881. The lowest BCUT2D eigenvalue weighted by Crippen LogP contribution is -2.32.